The van der Waals surface area contributed by atoms with Gasteiger partial charge in [-0.15, -0.1) is 0 Å². The van der Waals surface area contributed by atoms with E-state index in [9.17, 15) is 24.0 Å². The molecule has 0 radical (unpaired) electrons. The van der Waals surface area contributed by atoms with Gasteiger partial charge in [0.05, 0.1) is 0 Å². The van der Waals surface area contributed by atoms with E-state index in [1.807, 2.05) is 21.7 Å². The Kier molecular flexibility index (Phi) is 7.52. The van der Waals surface area contributed by atoms with Gasteiger partial charge in [0.25, 0.3) is 0 Å². The van der Waals surface area contributed by atoms with Crippen molar-refractivity contribution in [1.82, 2.24) is 42.1 Å². The molecule has 0 aromatic carbocycles. The van der Waals surface area contributed by atoms with E-state index in [1.54, 1.807) is 0 Å². The molecule has 0 saturated heterocycles. The molecular weight excluding hydrogens is 300 g/mol. The van der Waals surface area contributed by atoms with Crippen molar-refractivity contribution in [3.05, 3.63) is 0 Å². The maximum atomic E-state index is 11.4. The van der Waals surface area contributed by atoms with Gasteiger partial charge in [-0.05, 0) is 0 Å². The molecule has 0 atom stereocenters. The van der Waals surface area contributed by atoms with E-state index < -0.39 is 30.2 Å². The van der Waals surface area contributed by atoms with E-state index in [1.165, 1.54) is 28.2 Å². The minimum atomic E-state index is -1.00. The molecule has 0 saturated carbocycles. The summed E-state index contributed by atoms with van der Waals surface area (Å²) in [6.45, 7) is 0. The topological polar surface area (TPSA) is 164 Å². The van der Waals surface area contributed by atoms with Crippen LogP contribution < -0.4 is 32.3 Å². The Labute approximate surface area is 125 Å². The first-order valence-corrected chi connectivity index (χ1v) is 5.81. The number of imide groups is 2. The predicted molar refractivity (Wildman–Crippen MR) is 73.2 cm³/mol. The molecule has 10 amide bonds. The quantitative estimate of drug-likeness (QED) is 0.286. The molecule has 0 aromatic heterocycles. The number of hydrogen-bond acceptors (Lipinski definition) is 5. The van der Waals surface area contributed by atoms with Crippen LogP contribution in [-0.2, 0) is 0 Å². The fraction of sp³-hybridized carbons (Fsp3) is 0.444. The van der Waals surface area contributed by atoms with Gasteiger partial charge >= 0.3 is 30.2 Å². The average molecular weight is 318 g/mol. The molecule has 0 aliphatic carbocycles. The van der Waals surface area contributed by atoms with E-state index in [2.05, 4.69) is 10.6 Å². The Hall–Kier alpha value is -3.25. The number of hydrazine groups is 2. The molecule has 13 heteroatoms. The maximum Gasteiger partial charge on any atom is 0.352 e. The largest absolute Gasteiger partial charge is 0.352 e. The zero-order valence-electron chi connectivity index (χ0n) is 12.4. The van der Waals surface area contributed by atoms with Gasteiger partial charge in [-0.3, -0.25) is 0 Å². The summed E-state index contributed by atoms with van der Waals surface area (Å²) in [6.07, 6.45) is 0. The van der Waals surface area contributed by atoms with Crippen molar-refractivity contribution in [3.8, 4) is 0 Å². The van der Waals surface area contributed by atoms with E-state index in [0.717, 1.165) is 0 Å². The lowest BCUT2D eigenvalue weighted by Gasteiger charge is -2.17. The zero-order valence-corrected chi connectivity index (χ0v) is 12.4. The van der Waals surface area contributed by atoms with Crippen LogP contribution in [0.25, 0.3) is 0 Å². The van der Waals surface area contributed by atoms with Crippen LogP contribution >= 0.6 is 0 Å². The van der Waals surface area contributed by atoms with Gasteiger partial charge in [-0.25, -0.2) is 55.5 Å². The van der Waals surface area contributed by atoms with Crippen LogP contribution in [0.3, 0.4) is 0 Å². The second-order valence-electron chi connectivity index (χ2n) is 3.67. The number of amides is 10. The zero-order chi connectivity index (χ0) is 17.3. The molecule has 22 heavy (non-hydrogen) atoms. The Morgan fingerprint density at radius 3 is 1.18 bits per heavy atom. The second-order valence-corrected chi connectivity index (χ2v) is 3.67. The smallest absolute Gasteiger partial charge is 0.341 e. The van der Waals surface area contributed by atoms with Crippen LogP contribution in [0, 0.1) is 0 Å². The normalized spacial score (nSPS) is 8.91. The number of hydrogen-bond donors (Lipinski definition) is 6. The lowest BCUT2D eigenvalue weighted by molar-refractivity contribution is 0.187. The number of carbonyl (C=O) groups is 5. The molecule has 13 nitrogen and oxygen atoms in total. The fourth-order valence-corrected chi connectivity index (χ4v) is 0.939. The van der Waals surface area contributed by atoms with E-state index in [4.69, 9.17) is 0 Å². The number of nitrogens with zero attached hydrogens (tertiary/aromatic N) is 2. The summed E-state index contributed by atoms with van der Waals surface area (Å²) in [7, 11) is 5.00. The molecular formula is C9H18N8O5. The van der Waals surface area contributed by atoms with E-state index in [-0.39, 0.29) is 0 Å². The standard InChI is InChI=1S/C9H18N8O5/c1-10-6(19)16(3)8(21)14-12-5(18)13-15-9(22)17(4)7(20)11-2/h1-4H3,(H,10,19)(H,11,20)(H,14,21)(H,15,22)(H2,12,13,18). The predicted octanol–water partition coefficient (Wildman–Crippen LogP) is -1.92. The highest BCUT2D eigenvalue weighted by molar-refractivity contribution is 5.95. The second kappa shape index (κ2) is 8.83. The minimum Gasteiger partial charge on any atom is -0.341 e. The van der Waals surface area contributed by atoms with Gasteiger partial charge < -0.3 is 10.6 Å². The summed E-state index contributed by atoms with van der Waals surface area (Å²) in [5, 5.41) is 4.40. The van der Waals surface area contributed by atoms with Gasteiger partial charge in [0.1, 0.15) is 0 Å². The summed E-state index contributed by atoms with van der Waals surface area (Å²) < 4.78 is 0. The van der Waals surface area contributed by atoms with Crippen molar-refractivity contribution in [2.45, 2.75) is 0 Å². The van der Waals surface area contributed by atoms with Crippen LogP contribution in [0.2, 0.25) is 0 Å². The van der Waals surface area contributed by atoms with E-state index in [0.29, 0.717) is 9.80 Å². The third kappa shape index (κ3) is 5.81. The molecule has 0 bridgehead atoms. The first kappa shape index (κ1) is 18.8. The summed E-state index contributed by atoms with van der Waals surface area (Å²) >= 11 is 0. The summed E-state index contributed by atoms with van der Waals surface area (Å²) in [5.74, 6) is 0. The van der Waals surface area contributed by atoms with Crippen LogP contribution in [0.5, 0.6) is 0 Å². The van der Waals surface area contributed by atoms with Gasteiger partial charge in [0, 0.05) is 28.2 Å². The highest BCUT2D eigenvalue weighted by atomic mass is 16.2. The van der Waals surface area contributed by atoms with Crippen LogP contribution in [-0.4, -0.2) is 68.1 Å². The Balaban J connectivity index is 4.16. The molecule has 0 unspecified atom stereocenters. The molecule has 0 spiro atoms. The van der Waals surface area contributed by atoms with Gasteiger partial charge in [0.15, 0.2) is 0 Å². The Morgan fingerprint density at radius 2 is 0.909 bits per heavy atom. The molecule has 0 heterocycles. The number of urea groups is 5. The van der Waals surface area contributed by atoms with Crippen LogP contribution in [0.15, 0.2) is 0 Å². The van der Waals surface area contributed by atoms with Crippen molar-refractivity contribution in [1.29, 1.82) is 0 Å². The summed E-state index contributed by atoms with van der Waals surface area (Å²) in [4.78, 5) is 57.6. The first-order chi connectivity index (χ1) is 10.2. The molecule has 6 N–H and O–H groups in total. The molecule has 0 aliphatic rings. The number of nitrogens with one attached hydrogen (secondary N) is 6. The van der Waals surface area contributed by atoms with Crippen molar-refractivity contribution >= 4 is 30.2 Å². The summed E-state index contributed by atoms with van der Waals surface area (Å²) in [5.41, 5.74) is 7.56. The SMILES string of the molecule is CNC(=O)N(C)C(=O)NNC(=O)NNC(=O)N(C)C(=O)NC. The van der Waals surface area contributed by atoms with Crippen LogP contribution in [0.1, 0.15) is 0 Å². The minimum absolute atomic E-state index is 0.665. The molecule has 0 fully saturated rings. The number of rotatable bonds is 0. The molecule has 0 aromatic rings. The fourth-order valence-electron chi connectivity index (χ4n) is 0.939. The first-order valence-electron chi connectivity index (χ1n) is 5.81. The number of carbonyl (C=O) groups excluding carboxylic acids is 5. The lowest BCUT2D eigenvalue weighted by atomic mass is 10.7. The van der Waals surface area contributed by atoms with Gasteiger partial charge in [-0.1, -0.05) is 0 Å². The van der Waals surface area contributed by atoms with Gasteiger partial charge in [0.2, 0.25) is 0 Å². The van der Waals surface area contributed by atoms with Crippen LogP contribution in [0.4, 0.5) is 24.0 Å². The molecule has 0 aliphatic heterocycles. The Bertz CT molecular complexity index is 427. The lowest BCUT2D eigenvalue weighted by Crippen LogP contribution is -2.58. The highest BCUT2D eigenvalue weighted by Crippen LogP contribution is 1.84. The third-order valence-electron chi connectivity index (χ3n) is 2.21. The third-order valence-corrected chi connectivity index (χ3v) is 2.21. The monoisotopic (exact) mass is 318 g/mol. The van der Waals surface area contributed by atoms with Gasteiger partial charge in [-0.2, -0.15) is 0 Å². The Morgan fingerprint density at radius 1 is 0.591 bits per heavy atom. The van der Waals surface area contributed by atoms with Crippen molar-refractivity contribution in [2.24, 2.45) is 0 Å². The molecule has 0 rings (SSSR count). The summed E-state index contributed by atoms with van der Waals surface area (Å²) in [6, 6.07) is -4.22. The van der Waals surface area contributed by atoms with E-state index >= 15 is 0 Å². The maximum absolute atomic E-state index is 11.4. The average Bonchev–Trinajstić information content (AvgIpc) is 2.54. The highest BCUT2D eigenvalue weighted by Gasteiger charge is 2.17. The molecule has 124 valence electrons. The van der Waals surface area contributed by atoms with Crippen molar-refractivity contribution in [2.75, 3.05) is 28.2 Å². The van der Waals surface area contributed by atoms with Crippen molar-refractivity contribution in [3.63, 3.8) is 0 Å². The van der Waals surface area contributed by atoms with Crippen molar-refractivity contribution < 1.29 is 24.0 Å².